The van der Waals surface area contributed by atoms with Gasteiger partial charge in [0.1, 0.15) is 21.4 Å². The SMILES string of the molecule is CCCC1(COS(=O)(=O)CC)CC1.CN(C)c1ccc(S(=O)(=O)N2CCCC(CC3CCCCC3)CCCN(S(=O)(=O)N3CCCCC3)CC3(CC3)C2)c(F)c1.CN(C)c1ccc(S(=O)(=O)NCCCN(CCCNS(=O)(=O)N2CCCCC2)CC2CCCCC2)c(F)c1.O=S(=O)=O.[Cl-]. The zero-order valence-corrected chi connectivity index (χ0v) is 65.4. The molecule has 0 amide bonds. The molecule has 9 rings (SSSR count). The zero-order valence-electron chi connectivity index (χ0n) is 59.7. The maximum atomic E-state index is 15.3. The van der Waals surface area contributed by atoms with Crippen LogP contribution < -0.4 is 31.7 Å². The smallest absolute Gasteiger partial charge is 0.425 e. The highest BCUT2D eigenvalue weighted by Gasteiger charge is 2.50. The minimum absolute atomic E-state index is 0. The van der Waals surface area contributed by atoms with Gasteiger partial charge in [-0.25, -0.2) is 35.1 Å². The Labute approximate surface area is 602 Å². The summed E-state index contributed by atoms with van der Waals surface area (Å²) in [7, 11) is -14.3. The van der Waals surface area contributed by atoms with Crippen LogP contribution in [-0.4, -0.2) is 202 Å². The number of sulfonamides is 2. The second kappa shape index (κ2) is 41.2. The molecular formula is C67H117ClF2N9O14S6-. The topological polar surface area (TPSA) is 278 Å². The first kappa shape index (κ1) is 86.9. The second-order valence-corrected chi connectivity index (χ2v) is 38.5. The van der Waals surface area contributed by atoms with Gasteiger partial charge in [-0.05, 0) is 201 Å². The summed E-state index contributed by atoms with van der Waals surface area (Å²) >= 11 is 0. The third-order valence-electron chi connectivity index (χ3n) is 20.6. The number of anilines is 2. The van der Waals surface area contributed by atoms with Gasteiger partial charge >= 0.3 is 10.6 Å². The van der Waals surface area contributed by atoms with Crippen LogP contribution in [-0.2, 0) is 65.4 Å². The molecule has 1 atom stereocenters. The van der Waals surface area contributed by atoms with Crippen molar-refractivity contribution in [2.45, 2.75) is 210 Å². The quantitative estimate of drug-likeness (QED) is 0.0644. The fourth-order valence-corrected chi connectivity index (χ4v) is 20.9. The normalized spacial score (nSPS) is 21.2. The molecule has 572 valence electrons. The minimum Gasteiger partial charge on any atom is -1.00 e. The molecule has 1 spiro atoms. The highest BCUT2D eigenvalue weighted by atomic mass is 35.5. The zero-order chi connectivity index (χ0) is 71.8. The predicted octanol–water partition coefficient (Wildman–Crippen LogP) is 6.94. The van der Waals surface area contributed by atoms with E-state index in [9.17, 15) is 46.5 Å². The predicted molar refractivity (Wildman–Crippen MR) is 382 cm³/mol. The number of rotatable bonds is 28. The van der Waals surface area contributed by atoms with E-state index in [2.05, 4.69) is 21.3 Å². The fourth-order valence-electron chi connectivity index (χ4n) is 14.4. The number of nitrogens with one attached hydrogen (secondary N) is 2. The van der Waals surface area contributed by atoms with Crippen LogP contribution in [0.3, 0.4) is 0 Å². The number of benzene rings is 2. The molecule has 3 aliphatic heterocycles. The molecule has 7 fully saturated rings. The fraction of sp³-hybridized carbons (Fsp3) is 0.821. The van der Waals surface area contributed by atoms with Crippen molar-refractivity contribution in [3.8, 4) is 0 Å². The van der Waals surface area contributed by atoms with Gasteiger partial charge in [-0.1, -0.05) is 77.6 Å². The van der Waals surface area contributed by atoms with Crippen molar-refractivity contribution in [2.24, 2.45) is 28.6 Å². The third-order valence-corrected chi connectivity index (χ3v) is 28.7. The van der Waals surface area contributed by atoms with Crippen molar-refractivity contribution in [1.82, 2.24) is 31.6 Å². The Morgan fingerprint density at radius 2 is 0.980 bits per heavy atom. The first-order valence-electron chi connectivity index (χ1n) is 36.2. The van der Waals surface area contributed by atoms with E-state index in [1.54, 1.807) is 70.0 Å². The van der Waals surface area contributed by atoms with E-state index in [1.807, 2.05) is 0 Å². The molecule has 4 saturated carbocycles. The van der Waals surface area contributed by atoms with Crippen LogP contribution >= 0.6 is 0 Å². The Kier molecular flexibility index (Phi) is 36.2. The van der Waals surface area contributed by atoms with E-state index in [0.29, 0.717) is 107 Å². The summed E-state index contributed by atoms with van der Waals surface area (Å²) in [4.78, 5) is 5.15. The first-order valence-corrected chi connectivity index (χ1v) is 44.5. The Hall–Kier alpha value is -2.76. The molecule has 2 N–H and O–H groups in total. The maximum absolute atomic E-state index is 15.3. The van der Waals surface area contributed by atoms with Gasteiger partial charge in [0, 0.05) is 112 Å². The summed E-state index contributed by atoms with van der Waals surface area (Å²) in [5, 5.41) is 0. The minimum atomic E-state index is -4.11. The molecule has 7 aliphatic rings. The van der Waals surface area contributed by atoms with Gasteiger partial charge in [-0.3, -0.25) is 4.18 Å². The van der Waals surface area contributed by atoms with E-state index in [1.165, 1.54) is 92.8 Å². The van der Waals surface area contributed by atoms with Crippen molar-refractivity contribution in [2.75, 3.05) is 135 Å². The molecule has 99 heavy (non-hydrogen) atoms. The van der Waals surface area contributed by atoms with Crippen molar-refractivity contribution in [3.05, 3.63) is 48.0 Å². The van der Waals surface area contributed by atoms with Gasteiger partial charge in [0.05, 0.1) is 12.4 Å². The largest absolute Gasteiger partial charge is 1.00 e. The molecule has 0 radical (unpaired) electrons. The Bertz CT molecular complexity index is 3480. The molecule has 32 heteroatoms. The van der Waals surface area contributed by atoms with Crippen molar-refractivity contribution in [1.29, 1.82) is 0 Å². The summed E-state index contributed by atoms with van der Waals surface area (Å²) < 4.78 is 200. The van der Waals surface area contributed by atoms with Crippen molar-refractivity contribution < 1.29 is 80.1 Å². The van der Waals surface area contributed by atoms with E-state index >= 15 is 4.39 Å². The average Bonchev–Trinajstić information content (AvgIpc) is 1.55. The van der Waals surface area contributed by atoms with Gasteiger partial charge in [0.2, 0.25) is 20.0 Å². The molecule has 2 aromatic rings. The Morgan fingerprint density at radius 3 is 1.44 bits per heavy atom. The summed E-state index contributed by atoms with van der Waals surface area (Å²) in [6.45, 7) is 10.7. The molecule has 4 aliphatic carbocycles. The van der Waals surface area contributed by atoms with Crippen molar-refractivity contribution in [3.63, 3.8) is 0 Å². The molecule has 1 unspecified atom stereocenters. The molecule has 2 aromatic carbocycles. The number of hydrogen-bond donors (Lipinski definition) is 2. The lowest BCUT2D eigenvalue weighted by Gasteiger charge is -2.36. The van der Waals surface area contributed by atoms with Crippen LogP contribution in [0.4, 0.5) is 20.2 Å². The molecule has 3 heterocycles. The molecule has 23 nitrogen and oxygen atoms in total. The summed E-state index contributed by atoms with van der Waals surface area (Å²) in [6.07, 6.45) is 30.1. The highest BCUT2D eigenvalue weighted by molar-refractivity contribution is 7.89. The molecule has 3 saturated heterocycles. The van der Waals surface area contributed by atoms with Crippen LogP contribution in [0.1, 0.15) is 200 Å². The van der Waals surface area contributed by atoms with Gasteiger partial charge in [-0.15, -0.1) is 12.6 Å². The lowest BCUT2D eigenvalue weighted by molar-refractivity contribution is -0.0000388. The van der Waals surface area contributed by atoms with Gasteiger partial charge in [0.25, 0.3) is 30.5 Å². The van der Waals surface area contributed by atoms with Crippen molar-refractivity contribution >= 4 is 72.6 Å². The van der Waals surface area contributed by atoms with E-state index in [4.69, 9.17) is 16.8 Å². The van der Waals surface area contributed by atoms with E-state index in [-0.39, 0.29) is 46.5 Å². The number of nitrogens with zero attached hydrogens (tertiary/aromatic N) is 7. The summed E-state index contributed by atoms with van der Waals surface area (Å²) in [5.74, 6) is 0.335. The lowest BCUT2D eigenvalue weighted by atomic mass is 9.80. The van der Waals surface area contributed by atoms with Crippen LogP contribution in [0.2, 0.25) is 0 Å². The molecule has 0 bridgehead atoms. The number of hydrogen-bond acceptors (Lipinski definition) is 17. The molecular weight excluding hydrogens is 1420 g/mol. The van der Waals surface area contributed by atoms with E-state index < -0.39 is 78.2 Å². The second-order valence-electron chi connectivity index (χ2n) is 28.9. The van der Waals surface area contributed by atoms with Gasteiger partial charge in [0.15, 0.2) is 0 Å². The summed E-state index contributed by atoms with van der Waals surface area (Å²) in [5.41, 5.74) is 0.971. The lowest BCUT2D eigenvalue weighted by Crippen LogP contribution is -3.00. The summed E-state index contributed by atoms with van der Waals surface area (Å²) in [6, 6.07) is 8.42. The molecule has 0 aromatic heterocycles. The van der Waals surface area contributed by atoms with Crippen LogP contribution in [0.25, 0.3) is 0 Å². The average molecular weight is 1540 g/mol. The standard InChI is InChI=1S/C32H53FN4O4S2.C26H46FN5O4S2.C9H18O3S.ClH.O3S/c1-34(2)29-15-16-31(30(33)24-29)42(38,39)36-21-9-13-28(23-27-11-5-3-6-12-27)14-10-22-37(26-32(25-36)17-18-32)43(40,41)35-19-7-4-8-20-35;1-30(2)24-13-14-26(25(27)21-24)37(33,34)28-15-9-17-31(22-23-11-5-3-6-12-23)18-10-16-29-38(35,36)32-19-7-4-8-20-32;1-3-5-9(6-7-9)8-12-13(10,11)4-2;;1-4(2)3/h15-16,24,27-28H,3-14,17-23,25-26H2,1-2H3;13-14,21,23,28-29H,3-12,15-20,22H2,1-2H3;3-8H2,1-2H3;1H;/p-1. The van der Waals surface area contributed by atoms with Gasteiger partial charge in [-0.2, -0.15) is 42.5 Å². The monoisotopic (exact) mass is 1540 g/mol. The van der Waals surface area contributed by atoms with Gasteiger partial charge < -0.3 is 27.1 Å². The first-order chi connectivity index (χ1) is 46.3. The number of halogens is 3. The van der Waals surface area contributed by atoms with E-state index in [0.717, 1.165) is 122 Å². The Balaban J connectivity index is 0.000000288. The van der Waals surface area contributed by atoms with Crippen LogP contribution in [0.5, 0.6) is 0 Å². The highest BCUT2D eigenvalue weighted by Crippen LogP contribution is 2.50. The van der Waals surface area contributed by atoms with Crippen LogP contribution in [0.15, 0.2) is 46.2 Å². The number of piperidine rings is 2. The third kappa shape index (κ3) is 28.9. The van der Waals surface area contributed by atoms with Crippen LogP contribution in [0, 0.1) is 40.2 Å². The Morgan fingerprint density at radius 1 is 0.545 bits per heavy atom. The maximum Gasteiger partial charge on any atom is 0.425 e.